The standard InChI is InChI=1S/C27H26N4O3S3/c1-5-34-24(33)22-18(16-10-12-17(13-11-16)27(2,3)4)14-35-23(22)28-21(32)15-36-25-29-30-26-31(25)19-8-6-7-9-20(19)37-26/h6-14H,5,15H2,1-4H3,(H,28,32). The summed E-state index contributed by atoms with van der Waals surface area (Å²) in [5.41, 5.74) is 4.27. The molecule has 0 bridgehead atoms. The summed E-state index contributed by atoms with van der Waals surface area (Å²) in [6.07, 6.45) is 0. The summed E-state index contributed by atoms with van der Waals surface area (Å²) >= 11 is 4.18. The number of hydrogen-bond donors (Lipinski definition) is 1. The maximum atomic E-state index is 12.9. The normalized spacial score (nSPS) is 11.8. The topological polar surface area (TPSA) is 85.6 Å². The molecule has 0 aliphatic rings. The fraction of sp³-hybridized carbons (Fsp3) is 0.259. The Labute approximate surface area is 226 Å². The number of anilines is 1. The zero-order valence-electron chi connectivity index (χ0n) is 20.9. The number of thiazole rings is 1. The fourth-order valence-corrected chi connectivity index (χ4v) is 6.70. The maximum absolute atomic E-state index is 12.9. The van der Waals surface area contributed by atoms with Crippen molar-refractivity contribution >= 4 is 66.5 Å². The van der Waals surface area contributed by atoms with E-state index in [1.54, 1.807) is 18.3 Å². The van der Waals surface area contributed by atoms with Crippen molar-refractivity contribution in [3.8, 4) is 11.1 Å². The van der Waals surface area contributed by atoms with Gasteiger partial charge in [0.15, 0.2) is 5.16 Å². The van der Waals surface area contributed by atoms with Crippen LogP contribution in [0.5, 0.6) is 0 Å². The number of carbonyl (C=O) groups excluding carboxylic acids is 2. The van der Waals surface area contributed by atoms with Gasteiger partial charge in [-0.05, 0) is 35.6 Å². The average molecular weight is 551 g/mol. The van der Waals surface area contributed by atoms with E-state index < -0.39 is 5.97 Å². The van der Waals surface area contributed by atoms with E-state index in [1.807, 2.05) is 46.2 Å². The predicted octanol–water partition coefficient (Wildman–Crippen LogP) is 6.88. The second kappa shape index (κ2) is 10.3. The Bertz CT molecular complexity index is 1590. The lowest BCUT2D eigenvalue weighted by Gasteiger charge is -2.19. The average Bonchev–Trinajstić information content (AvgIpc) is 3.56. The monoisotopic (exact) mass is 550 g/mol. The van der Waals surface area contributed by atoms with Crippen LogP contribution < -0.4 is 5.32 Å². The van der Waals surface area contributed by atoms with Gasteiger partial charge in [-0.2, -0.15) is 0 Å². The number of benzene rings is 2. The first-order chi connectivity index (χ1) is 17.8. The Morgan fingerprint density at radius 1 is 1.08 bits per heavy atom. The molecule has 0 unspecified atom stereocenters. The quantitative estimate of drug-likeness (QED) is 0.176. The van der Waals surface area contributed by atoms with E-state index in [9.17, 15) is 9.59 Å². The van der Waals surface area contributed by atoms with Crippen molar-refractivity contribution in [1.29, 1.82) is 0 Å². The van der Waals surface area contributed by atoms with Gasteiger partial charge in [0.05, 0.1) is 22.6 Å². The van der Waals surface area contributed by atoms with Crippen LogP contribution in [0.15, 0.2) is 59.1 Å². The summed E-state index contributed by atoms with van der Waals surface area (Å²) in [6.45, 7) is 8.50. The number of thioether (sulfide) groups is 1. The van der Waals surface area contributed by atoms with Gasteiger partial charge >= 0.3 is 5.97 Å². The molecule has 1 N–H and O–H groups in total. The molecule has 3 aromatic heterocycles. The number of ether oxygens (including phenoxy) is 1. The first kappa shape index (κ1) is 25.4. The van der Waals surface area contributed by atoms with Crippen LogP contribution in [0.3, 0.4) is 0 Å². The van der Waals surface area contributed by atoms with Gasteiger partial charge in [-0.15, -0.1) is 21.5 Å². The largest absolute Gasteiger partial charge is 0.462 e. The van der Waals surface area contributed by atoms with Crippen molar-refractivity contribution in [3.05, 3.63) is 65.0 Å². The van der Waals surface area contributed by atoms with Gasteiger partial charge in [0.2, 0.25) is 10.9 Å². The molecule has 0 saturated heterocycles. The number of thiophene rings is 1. The summed E-state index contributed by atoms with van der Waals surface area (Å²) in [5, 5.41) is 14.5. The van der Waals surface area contributed by atoms with Gasteiger partial charge in [-0.25, -0.2) is 4.79 Å². The van der Waals surface area contributed by atoms with Crippen LogP contribution in [0.4, 0.5) is 5.00 Å². The first-order valence-corrected chi connectivity index (χ1v) is 14.5. The first-order valence-electron chi connectivity index (χ1n) is 11.8. The van der Waals surface area contributed by atoms with E-state index in [4.69, 9.17) is 4.74 Å². The summed E-state index contributed by atoms with van der Waals surface area (Å²) in [5.74, 6) is -0.561. The number of fused-ring (bicyclic) bond motifs is 3. The number of carbonyl (C=O) groups is 2. The van der Waals surface area contributed by atoms with Crippen LogP contribution >= 0.6 is 34.4 Å². The molecule has 1 amide bonds. The Morgan fingerprint density at radius 3 is 2.57 bits per heavy atom. The van der Waals surface area contributed by atoms with Crippen molar-refractivity contribution in [3.63, 3.8) is 0 Å². The molecule has 0 fully saturated rings. The second-order valence-electron chi connectivity index (χ2n) is 9.41. The molecule has 5 rings (SSSR count). The Balaban J connectivity index is 1.37. The van der Waals surface area contributed by atoms with Gasteiger partial charge in [0.1, 0.15) is 10.6 Å². The number of aromatic nitrogens is 3. The smallest absolute Gasteiger partial charge is 0.341 e. The fourth-order valence-electron chi connectivity index (χ4n) is 3.96. The summed E-state index contributed by atoms with van der Waals surface area (Å²) in [6, 6.07) is 16.2. The third-order valence-corrected chi connectivity index (χ3v) is 8.67. The van der Waals surface area contributed by atoms with Crippen LogP contribution in [0.25, 0.3) is 26.3 Å². The zero-order chi connectivity index (χ0) is 26.2. The molecule has 37 heavy (non-hydrogen) atoms. The van der Waals surface area contributed by atoms with Gasteiger partial charge in [0.25, 0.3) is 0 Å². The molecule has 0 aliphatic heterocycles. The van der Waals surface area contributed by atoms with E-state index in [-0.39, 0.29) is 23.7 Å². The van der Waals surface area contributed by atoms with E-state index in [0.717, 1.165) is 26.3 Å². The molecular formula is C27H26N4O3S3. The van der Waals surface area contributed by atoms with Gasteiger partial charge in [-0.3, -0.25) is 9.20 Å². The maximum Gasteiger partial charge on any atom is 0.341 e. The highest BCUT2D eigenvalue weighted by atomic mass is 32.2. The minimum Gasteiger partial charge on any atom is -0.462 e. The summed E-state index contributed by atoms with van der Waals surface area (Å²) < 4.78 is 8.41. The molecule has 0 radical (unpaired) electrons. The van der Waals surface area contributed by atoms with Crippen LogP contribution in [0, 0.1) is 0 Å². The number of para-hydroxylation sites is 1. The molecule has 3 heterocycles. The minimum atomic E-state index is -0.453. The van der Waals surface area contributed by atoms with E-state index in [1.165, 1.54) is 28.7 Å². The zero-order valence-corrected chi connectivity index (χ0v) is 23.4. The lowest BCUT2D eigenvalue weighted by molar-refractivity contribution is -0.113. The number of nitrogens with one attached hydrogen (secondary N) is 1. The highest BCUT2D eigenvalue weighted by Crippen LogP contribution is 2.37. The van der Waals surface area contributed by atoms with Crippen LogP contribution in [-0.4, -0.2) is 38.8 Å². The lowest BCUT2D eigenvalue weighted by atomic mass is 9.86. The van der Waals surface area contributed by atoms with Crippen molar-refractivity contribution in [2.45, 2.75) is 38.3 Å². The molecular weight excluding hydrogens is 525 g/mol. The van der Waals surface area contributed by atoms with Crippen molar-refractivity contribution in [2.75, 3.05) is 17.7 Å². The van der Waals surface area contributed by atoms with Gasteiger partial charge in [-0.1, -0.05) is 80.3 Å². The van der Waals surface area contributed by atoms with E-state index in [0.29, 0.717) is 15.7 Å². The third kappa shape index (κ3) is 5.14. The number of amides is 1. The SMILES string of the molecule is CCOC(=O)c1c(-c2ccc(C(C)(C)C)cc2)csc1NC(=O)CSc1nnc2sc3ccccc3n12. The van der Waals surface area contributed by atoms with Crippen molar-refractivity contribution < 1.29 is 14.3 Å². The van der Waals surface area contributed by atoms with Crippen LogP contribution in [0.1, 0.15) is 43.6 Å². The molecule has 0 saturated carbocycles. The third-order valence-electron chi connectivity index (χ3n) is 5.83. The molecule has 7 nitrogen and oxygen atoms in total. The molecule has 0 aliphatic carbocycles. The van der Waals surface area contributed by atoms with Crippen molar-refractivity contribution in [2.24, 2.45) is 0 Å². The highest BCUT2D eigenvalue weighted by Gasteiger charge is 2.24. The molecule has 0 spiro atoms. The lowest BCUT2D eigenvalue weighted by Crippen LogP contribution is -2.16. The van der Waals surface area contributed by atoms with E-state index in [2.05, 4.69) is 48.4 Å². The summed E-state index contributed by atoms with van der Waals surface area (Å²) in [4.78, 5) is 26.7. The Kier molecular flexibility index (Phi) is 7.06. The Hall–Kier alpha value is -3.21. The molecule has 10 heteroatoms. The minimum absolute atomic E-state index is 0.0270. The molecule has 190 valence electrons. The predicted molar refractivity (Wildman–Crippen MR) is 152 cm³/mol. The Morgan fingerprint density at radius 2 is 1.84 bits per heavy atom. The van der Waals surface area contributed by atoms with Gasteiger partial charge in [0, 0.05) is 10.9 Å². The van der Waals surface area contributed by atoms with Crippen LogP contribution in [0.2, 0.25) is 0 Å². The summed E-state index contributed by atoms with van der Waals surface area (Å²) in [7, 11) is 0. The second-order valence-corrected chi connectivity index (χ2v) is 12.2. The number of esters is 1. The number of nitrogens with zero attached hydrogens (tertiary/aromatic N) is 3. The molecule has 0 atom stereocenters. The van der Waals surface area contributed by atoms with Crippen LogP contribution in [-0.2, 0) is 14.9 Å². The highest BCUT2D eigenvalue weighted by molar-refractivity contribution is 7.99. The van der Waals surface area contributed by atoms with Gasteiger partial charge < -0.3 is 10.1 Å². The molecule has 2 aromatic carbocycles. The number of rotatable bonds is 7. The number of hydrogen-bond acceptors (Lipinski definition) is 8. The van der Waals surface area contributed by atoms with E-state index >= 15 is 0 Å². The molecule has 5 aromatic rings. The van der Waals surface area contributed by atoms with Crippen molar-refractivity contribution in [1.82, 2.24) is 14.6 Å².